The molecule has 0 aliphatic rings. The quantitative estimate of drug-likeness (QED) is 0.557. The molecule has 6 heteroatoms. The van der Waals surface area contributed by atoms with Crippen molar-refractivity contribution in [1.29, 1.82) is 0 Å². The summed E-state index contributed by atoms with van der Waals surface area (Å²) in [7, 11) is 0. The molecule has 0 atom stereocenters. The largest absolute Gasteiger partial charge is 0.289 e. The number of carbonyl (C=O) groups excluding carboxylic acids is 1. The number of ketones is 1. The number of alkyl halides is 3. The molecule has 0 heterocycles. The Morgan fingerprint density at radius 2 is 1.57 bits per heavy atom. The van der Waals surface area contributed by atoms with Crippen LogP contribution in [0.5, 0.6) is 0 Å². The van der Waals surface area contributed by atoms with Gasteiger partial charge in [-0.1, -0.05) is 40.9 Å². The topological polar surface area (TPSA) is 17.1 Å². The van der Waals surface area contributed by atoms with Gasteiger partial charge < -0.3 is 0 Å². The lowest BCUT2D eigenvalue weighted by Crippen LogP contribution is -2.21. The van der Waals surface area contributed by atoms with E-state index in [0.29, 0.717) is 0 Å². The van der Waals surface area contributed by atoms with Gasteiger partial charge in [-0.3, -0.25) is 4.79 Å². The SMILES string of the molecule is O=C(c1c(F)cccc1F)C(Cl)(Cl)Cl. The minimum absolute atomic E-state index is 0.840. The second-order valence-corrected chi connectivity index (χ2v) is 4.70. The minimum atomic E-state index is -2.36. The summed E-state index contributed by atoms with van der Waals surface area (Å²) in [5.74, 6) is -3.33. The number of benzene rings is 1. The van der Waals surface area contributed by atoms with Crippen LogP contribution in [-0.2, 0) is 0 Å². The van der Waals surface area contributed by atoms with Crippen molar-refractivity contribution in [2.45, 2.75) is 3.79 Å². The van der Waals surface area contributed by atoms with E-state index in [1.165, 1.54) is 0 Å². The molecule has 1 aromatic rings. The summed E-state index contributed by atoms with van der Waals surface area (Å²) in [4.78, 5) is 11.2. The van der Waals surface area contributed by atoms with Crippen LogP contribution in [0.4, 0.5) is 8.78 Å². The third-order valence-electron chi connectivity index (χ3n) is 1.45. The highest BCUT2D eigenvalue weighted by molar-refractivity contribution is 6.77. The molecule has 0 radical (unpaired) electrons. The molecule has 1 nitrogen and oxygen atoms in total. The highest BCUT2D eigenvalue weighted by Crippen LogP contribution is 2.32. The van der Waals surface area contributed by atoms with Gasteiger partial charge in [-0.2, -0.15) is 0 Å². The molecule has 76 valence electrons. The summed E-state index contributed by atoms with van der Waals surface area (Å²) < 4.78 is 23.6. The average molecular weight is 259 g/mol. The van der Waals surface area contributed by atoms with Gasteiger partial charge in [0.05, 0.1) is 5.56 Å². The van der Waals surface area contributed by atoms with Gasteiger partial charge >= 0.3 is 0 Å². The summed E-state index contributed by atoms with van der Waals surface area (Å²) in [6.45, 7) is 0. The lowest BCUT2D eigenvalue weighted by molar-refractivity contribution is 0.0988. The highest BCUT2D eigenvalue weighted by Gasteiger charge is 2.35. The molecule has 0 saturated carbocycles. The van der Waals surface area contributed by atoms with Crippen molar-refractivity contribution in [3.63, 3.8) is 0 Å². The molecule has 0 N–H and O–H groups in total. The van der Waals surface area contributed by atoms with Crippen molar-refractivity contribution in [2.24, 2.45) is 0 Å². The van der Waals surface area contributed by atoms with Crippen molar-refractivity contribution in [3.8, 4) is 0 Å². The lowest BCUT2D eigenvalue weighted by atomic mass is 10.1. The number of halogens is 5. The molecular formula is C8H3Cl3F2O. The van der Waals surface area contributed by atoms with Gasteiger partial charge in [-0.15, -0.1) is 0 Å². The molecule has 0 amide bonds. The summed E-state index contributed by atoms with van der Waals surface area (Å²) in [6.07, 6.45) is 0. The number of rotatable bonds is 1. The Bertz CT molecular complexity index is 353. The van der Waals surface area contributed by atoms with Crippen LogP contribution in [0.25, 0.3) is 0 Å². The van der Waals surface area contributed by atoms with Gasteiger partial charge in [0.2, 0.25) is 5.78 Å². The Kier molecular flexibility index (Phi) is 3.35. The number of Topliss-reactive ketones (excluding diaryl/α,β-unsaturated/α-hetero) is 1. The van der Waals surface area contributed by atoms with Crippen LogP contribution < -0.4 is 0 Å². The first-order valence-corrected chi connectivity index (χ1v) is 4.53. The second-order valence-electron chi connectivity index (χ2n) is 2.42. The number of hydrogen-bond acceptors (Lipinski definition) is 1. The molecule has 1 aromatic carbocycles. The monoisotopic (exact) mass is 258 g/mol. The normalized spacial score (nSPS) is 11.5. The Morgan fingerprint density at radius 3 is 1.93 bits per heavy atom. The van der Waals surface area contributed by atoms with Crippen LogP contribution in [-0.4, -0.2) is 9.58 Å². The van der Waals surface area contributed by atoms with Crippen LogP contribution in [0.15, 0.2) is 18.2 Å². The summed E-state index contributed by atoms with van der Waals surface area (Å²) in [5.41, 5.74) is -0.840. The van der Waals surface area contributed by atoms with Crippen LogP contribution >= 0.6 is 34.8 Å². The predicted molar refractivity (Wildman–Crippen MR) is 51.0 cm³/mol. The third-order valence-corrected chi connectivity index (χ3v) is 1.96. The molecule has 1 rings (SSSR count). The maximum atomic E-state index is 13.0. The zero-order chi connectivity index (χ0) is 10.9. The molecule has 0 spiro atoms. The first-order valence-electron chi connectivity index (χ1n) is 3.39. The predicted octanol–water partition coefficient (Wildman–Crippen LogP) is 3.52. The zero-order valence-corrected chi connectivity index (χ0v) is 8.80. The van der Waals surface area contributed by atoms with E-state index in [9.17, 15) is 13.6 Å². The van der Waals surface area contributed by atoms with E-state index >= 15 is 0 Å². The molecule has 0 aliphatic heterocycles. The van der Waals surface area contributed by atoms with Gasteiger partial charge in [0, 0.05) is 0 Å². The first-order chi connectivity index (χ1) is 6.34. The van der Waals surface area contributed by atoms with Gasteiger partial charge in [0.15, 0.2) is 0 Å². The van der Waals surface area contributed by atoms with Crippen LogP contribution in [0.2, 0.25) is 0 Å². The fraction of sp³-hybridized carbons (Fsp3) is 0.125. The summed E-state index contributed by atoms with van der Waals surface area (Å²) in [6, 6.07) is 2.93. The maximum absolute atomic E-state index is 13.0. The van der Waals surface area contributed by atoms with E-state index in [1.807, 2.05) is 0 Å². The molecular weight excluding hydrogens is 256 g/mol. The van der Waals surface area contributed by atoms with Crippen molar-refractivity contribution in [1.82, 2.24) is 0 Å². The molecule has 0 bridgehead atoms. The van der Waals surface area contributed by atoms with E-state index in [0.717, 1.165) is 18.2 Å². The Labute approximate surface area is 93.6 Å². The second kappa shape index (κ2) is 4.01. The Balaban J connectivity index is 3.26. The Hall–Kier alpha value is -0.380. The Morgan fingerprint density at radius 1 is 1.14 bits per heavy atom. The molecule has 0 saturated heterocycles. The van der Waals surface area contributed by atoms with Crippen LogP contribution in [0, 0.1) is 11.6 Å². The van der Waals surface area contributed by atoms with E-state index < -0.39 is 26.8 Å². The van der Waals surface area contributed by atoms with Gasteiger partial charge in [0.25, 0.3) is 3.79 Å². The van der Waals surface area contributed by atoms with Crippen LogP contribution in [0.1, 0.15) is 10.4 Å². The molecule has 0 unspecified atom stereocenters. The molecule has 14 heavy (non-hydrogen) atoms. The van der Waals surface area contributed by atoms with E-state index in [2.05, 4.69) is 0 Å². The van der Waals surface area contributed by atoms with Gasteiger partial charge in [-0.05, 0) is 12.1 Å². The van der Waals surface area contributed by atoms with E-state index in [4.69, 9.17) is 34.8 Å². The summed E-state index contributed by atoms with van der Waals surface area (Å²) >= 11 is 15.6. The fourth-order valence-corrected chi connectivity index (χ4v) is 1.14. The molecule has 0 aliphatic carbocycles. The van der Waals surface area contributed by atoms with Gasteiger partial charge in [0.1, 0.15) is 11.6 Å². The van der Waals surface area contributed by atoms with E-state index in [1.54, 1.807) is 0 Å². The summed E-state index contributed by atoms with van der Waals surface area (Å²) in [5, 5.41) is 0. The first kappa shape index (κ1) is 11.7. The molecule has 0 fully saturated rings. The lowest BCUT2D eigenvalue weighted by Gasteiger charge is -2.10. The standard InChI is InChI=1S/C8H3Cl3F2O/c9-8(10,11)7(14)6-4(12)2-1-3-5(6)13/h1-3H. The van der Waals surface area contributed by atoms with Crippen molar-refractivity contribution in [3.05, 3.63) is 35.4 Å². The van der Waals surface area contributed by atoms with E-state index in [-0.39, 0.29) is 0 Å². The minimum Gasteiger partial charge on any atom is -0.289 e. The van der Waals surface area contributed by atoms with Gasteiger partial charge in [-0.25, -0.2) is 8.78 Å². The van der Waals surface area contributed by atoms with Crippen molar-refractivity contribution >= 4 is 40.6 Å². The molecule has 0 aromatic heterocycles. The number of hydrogen-bond donors (Lipinski definition) is 0. The van der Waals surface area contributed by atoms with Crippen molar-refractivity contribution in [2.75, 3.05) is 0 Å². The van der Waals surface area contributed by atoms with Crippen molar-refractivity contribution < 1.29 is 13.6 Å². The smallest absolute Gasteiger partial charge is 0.253 e. The van der Waals surface area contributed by atoms with Crippen LogP contribution in [0.3, 0.4) is 0 Å². The zero-order valence-electron chi connectivity index (χ0n) is 6.53. The third kappa shape index (κ3) is 2.35. The maximum Gasteiger partial charge on any atom is 0.253 e. The fourth-order valence-electron chi connectivity index (χ4n) is 0.856. The average Bonchev–Trinajstić information content (AvgIpc) is 2.01. The number of carbonyl (C=O) groups is 1. The highest BCUT2D eigenvalue weighted by atomic mass is 35.6.